The van der Waals surface area contributed by atoms with Crippen molar-refractivity contribution < 1.29 is 29.4 Å². The van der Waals surface area contributed by atoms with Crippen LogP contribution in [-0.2, 0) is 4.52 Å². The molecule has 0 aliphatic carbocycles. The molecule has 3 N–H and O–H groups in total. The van der Waals surface area contributed by atoms with Crippen LogP contribution in [0.4, 0.5) is 0 Å². The van der Waals surface area contributed by atoms with Gasteiger partial charge in [0.25, 0.3) is 0 Å². The number of aromatic hydroxyl groups is 2. The van der Waals surface area contributed by atoms with E-state index in [-0.39, 0.29) is 27.9 Å². The van der Waals surface area contributed by atoms with Gasteiger partial charge in [0.15, 0.2) is 0 Å². The van der Waals surface area contributed by atoms with Crippen LogP contribution < -0.4 is 21.2 Å². The zero-order chi connectivity index (χ0) is 32.7. The van der Waals surface area contributed by atoms with E-state index in [9.17, 15) is 24.9 Å². The summed E-state index contributed by atoms with van der Waals surface area (Å²) in [6, 6.07) is 37.1. The molecule has 0 aliphatic rings. The molecule has 0 amide bonds. The van der Waals surface area contributed by atoms with Crippen LogP contribution in [0.5, 0.6) is 11.5 Å². The summed E-state index contributed by atoms with van der Waals surface area (Å²) in [5.74, 6) is -2.43. The van der Waals surface area contributed by atoms with E-state index in [1.54, 1.807) is 36.4 Å². The van der Waals surface area contributed by atoms with Crippen molar-refractivity contribution in [1.82, 2.24) is 0 Å². The van der Waals surface area contributed by atoms with Crippen LogP contribution in [0.25, 0.3) is 10.8 Å². The average Bonchev–Trinajstić information content (AvgIpc) is 3.06. The fourth-order valence-electron chi connectivity index (χ4n) is 6.27. The van der Waals surface area contributed by atoms with Crippen LogP contribution in [-0.4, -0.2) is 27.3 Å². The second-order valence-corrected chi connectivity index (χ2v) is 15.9. The maximum atomic E-state index is 14.7. The number of hydrogen-bond acceptors (Lipinski definition) is 5. The number of benzene rings is 6. The maximum absolute atomic E-state index is 14.7. The van der Waals surface area contributed by atoms with Gasteiger partial charge in [0.05, 0.1) is 0 Å². The summed E-state index contributed by atoms with van der Waals surface area (Å²) in [6.07, 6.45) is 0. The van der Waals surface area contributed by atoms with Crippen LogP contribution in [0.1, 0.15) is 37.4 Å². The van der Waals surface area contributed by atoms with Gasteiger partial charge in [-0.1, -0.05) is 0 Å². The zero-order valence-corrected chi connectivity index (χ0v) is 26.5. The SMILES string of the molecule is Cc1ccc(P(OC(=O)c2ccccc2C(=O)O)(c2ccc(C)cc2)(c2ccc(C)cc2)c2cc(O)c3ccccc3c2O)cc1. The number of carboxylic acids is 1. The Morgan fingerprint density at radius 2 is 0.978 bits per heavy atom. The molecule has 0 atom stereocenters. The van der Waals surface area contributed by atoms with E-state index in [4.69, 9.17) is 4.52 Å². The van der Waals surface area contributed by atoms with E-state index in [1.807, 2.05) is 93.6 Å². The Bertz CT molecular complexity index is 2000. The molecule has 0 aliphatic heterocycles. The molecular weight excluding hydrogens is 595 g/mol. The minimum absolute atomic E-state index is 0.106. The first-order valence-corrected chi connectivity index (χ1v) is 17.0. The van der Waals surface area contributed by atoms with E-state index in [2.05, 4.69) is 0 Å². The van der Waals surface area contributed by atoms with Crippen LogP contribution in [0, 0.1) is 20.8 Å². The summed E-state index contributed by atoms with van der Waals surface area (Å²) >= 11 is 0. The van der Waals surface area contributed by atoms with E-state index in [0.29, 0.717) is 26.7 Å². The zero-order valence-electron chi connectivity index (χ0n) is 25.6. The number of phenolic OH excluding ortho intramolecular Hbond substituents is 2. The summed E-state index contributed by atoms with van der Waals surface area (Å²) < 4.78 is 7.11. The first-order chi connectivity index (χ1) is 22.1. The molecule has 0 bridgehead atoms. The molecule has 7 heteroatoms. The Balaban J connectivity index is 1.90. The molecule has 6 rings (SSSR count). The van der Waals surface area contributed by atoms with E-state index in [1.165, 1.54) is 18.2 Å². The fourth-order valence-corrected chi connectivity index (χ4v) is 11.9. The van der Waals surface area contributed by atoms with Crippen molar-refractivity contribution in [2.24, 2.45) is 0 Å². The van der Waals surface area contributed by atoms with E-state index >= 15 is 0 Å². The summed E-state index contributed by atoms with van der Waals surface area (Å²) in [4.78, 5) is 27.1. The minimum atomic E-state index is -4.92. The summed E-state index contributed by atoms with van der Waals surface area (Å²) in [5.41, 5.74) is 2.52. The number of aryl methyl sites for hydroxylation is 3. The van der Waals surface area contributed by atoms with Gasteiger partial charge >= 0.3 is 268 Å². The van der Waals surface area contributed by atoms with Crippen molar-refractivity contribution >= 4 is 50.8 Å². The average molecular weight is 629 g/mol. The molecule has 0 fully saturated rings. The summed E-state index contributed by atoms with van der Waals surface area (Å²) in [5, 5.41) is 36.8. The third-order valence-electron chi connectivity index (χ3n) is 8.66. The van der Waals surface area contributed by atoms with Crippen molar-refractivity contribution in [3.05, 3.63) is 155 Å². The predicted octanol–water partition coefficient (Wildman–Crippen LogP) is 6.80. The van der Waals surface area contributed by atoms with Crippen molar-refractivity contribution in [1.29, 1.82) is 0 Å². The second kappa shape index (κ2) is 11.5. The van der Waals surface area contributed by atoms with Gasteiger partial charge in [-0.05, 0) is 0 Å². The Kier molecular flexibility index (Phi) is 7.63. The molecule has 0 heterocycles. The van der Waals surface area contributed by atoms with Crippen LogP contribution >= 0.6 is 6.83 Å². The standard InChI is InChI=1S/C39H33O6P/c1-25-12-18-28(19-13-25)46(29-20-14-26(2)15-21-29,30-22-16-27(3)17-23-30,45-39(44)34-11-7-6-10-33(34)38(42)43)36-24-35(40)31-8-4-5-9-32(31)37(36)41/h4-24,40-41H,1-3H3,(H,42,43). The second-order valence-electron chi connectivity index (χ2n) is 11.6. The predicted molar refractivity (Wildman–Crippen MR) is 185 cm³/mol. The van der Waals surface area contributed by atoms with Gasteiger partial charge in [0.2, 0.25) is 0 Å². The van der Waals surface area contributed by atoms with E-state index in [0.717, 1.165) is 16.7 Å². The first-order valence-electron chi connectivity index (χ1n) is 14.8. The van der Waals surface area contributed by atoms with Crippen molar-refractivity contribution in [2.75, 3.05) is 0 Å². The molecule has 6 nitrogen and oxygen atoms in total. The van der Waals surface area contributed by atoms with Gasteiger partial charge in [-0.25, -0.2) is 0 Å². The molecule has 0 aromatic heterocycles. The molecule has 6 aromatic carbocycles. The van der Waals surface area contributed by atoms with Crippen molar-refractivity contribution in [3.8, 4) is 11.5 Å². The third kappa shape index (κ3) is 4.61. The van der Waals surface area contributed by atoms with Gasteiger partial charge in [-0.3, -0.25) is 0 Å². The summed E-state index contributed by atoms with van der Waals surface area (Å²) in [7, 11) is 0. The number of phenols is 2. The Morgan fingerprint density at radius 3 is 1.43 bits per heavy atom. The van der Waals surface area contributed by atoms with Crippen LogP contribution in [0.15, 0.2) is 127 Å². The van der Waals surface area contributed by atoms with Crippen LogP contribution in [0.2, 0.25) is 0 Å². The quantitative estimate of drug-likeness (QED) is 0.133. The number of rotatable bonds is 7. The Labute approximate surface area is 267 Å². The number of aromatic carboxylic acids is 1. The molecule has 0 saturated carbocycles. The number of carboxylic acid groups (broad SMARTS) is 1. The molecule has 0 radical (unpaired) electrons. The normalized spacial score (nSPS) is 12.3. The number of hydrogen-bond donors (Lipinski definition) is 3. The van der Waals surface area contributed by atoms with Gasteiger partial charge in [-0.15, -0.1) is 0 Å². The summed E-state index contributed by atoms with van der Waals surface area (Å²) in [6.45, 7) is 0.930. The molecule has 46 heavy (non-hydrogen) atoms. The first kappa shape index (κ1) is 30.6. The number of carbonyl (C=O) groups excluding carboxylic acids is 1. The monoisotopic (exact) mass is 628 g/mol. The van der Waals surface area contributed by atoms with Gasteiger partial charge < -0.3 is 0 Å². The fraction of sp³-hybridized carbons (Fsp3) is 0.0769. The van der Waals surface area contributed by atoms with Gasteiger partial charge in [0.1, 0.15) is 0 Å². The Morgan fingerprint density at radius 1 is 0.565 bits per heavy atom. The molecule has 6 aromatic rings. The molecule has 0 unspecified atom stereocenters. The molecule has 0 spiro atoms. The van der Waals surface area contributed by atoms with Crippen molar-refractivity contribution in [3.63, 3.8) is 0 Å². The van der Waals surface area contributed by atoms with Crippen LogP contribution in [0.3, 0.4) is 0 Å². The Hall–Kier alpha value is -5.45. The molecule has 0 saturated heterocycles. The molecule has 230 valence electrons. The topological polar surface area (TPSA) is 104 Å². The van der Waals surface area contributed by atoms with Gasteiger partial charge in [0, 0.05) is 0 Å². The molecular formula is C39H33O6P. The van der Waals surface area contributed by atoms with Gasteiger partial charge in [-0.2, -0.15) is 0 Å². The number of carbonyl (C=O) groups is 2. The third-order valence-corrected chi connectivity index (χ3v) is 14.3. The number of fused-ring (bicyclic) bond motifs is 1. The van der Waals surface area contributed by atoms with Crippen molar-refractivity contribution in [2.45, 2.75) is 20.8 Å². The van der Waals surface area contributed by atoms with E-state index < -0.39 is 18.8 Å².